The number of morpholine rings is 1. The van der Waals surface area contributed by atoms with Gasteiger partial charge in [-0.2, -0.15) is 10.4 Å². The van der Waals surface area contributed by atoms with Gasteiger partial charge in [-0.1, -0.05) is 0 Å². The molecule has 2 aromatic rings. The number of hydrogen-bond donors (Lipinski definition) is 2. The number of benzene rings is 1. The molecule has 28 heavy (non-hydrogen) atoms. The highest BCUT2D eigenvalue weighted by atomic mass is 32.2. The molecule has 0 spiro atoms. The van der Waals surface area contributed by atoms with Gasteiger partial charge in [0, 0.05) is 42.7 Å². The number of hydrogen-bond acceptors (Lipinski definition) is 6. The van der Waals surface area contributed by atoms with Crippen molar-refractivity contribution in [2.24, 2.45) is 0 Å². The number of H-pyrrole nitrogens is 1. The van der Waals surface area contributed by atoms with E-state index < -0.39 is 0 Å². The maximum atomic E-state index is 13.2. The second-order valence-electron chi connectivity index (χ2n) is 7.28. The first-order valence-corrected chi connectivity index (χ1v) is 10.5. The Labute approximate surface area is 168 Å². The molecule has 2 aliphatic rings. The smallest absolute Gasteiger partial charge is 0.123 e. The molecule has 8 heteroatoms. The van der Waals surface area contributed by atoms with Gasteiger partial charge in [0.1, 0.15) is 23.1 Å². The molecule has 1 aromatic carbocycles. The minimum atomic E-state index is -0.293. The highest BCUT2D eigenvalue weighted by Gasteiger charge is 2.28. The van der Waals surface area contributed by atoms with Crippen molar-refractivity contribution in [3.05, 3.63) is 41.3 Å². The fourth-order valence-corrected chi connectivity index (χ4v) is 4.73. The molecule has 1 saturated heterocycles. The maximum absolute atomic E-state index is 13.2. The van der Waals surface area contributed by atoms with Crippen LogP contribution < -0.4 is 4.72 Å². The zero-order valence-corrected chi connectivity index (χ0v) is 16.5. The molecule has 1 aliphatic heterocycles. The van der Waals surface area contributed by atoms with E-state index in [-0.39, 0.29) is 5.82 Å². The van der Waals surface area contributed by atoms with Gasteiger partial charge in [-0.3, -0.25) is 5.10 Å². The van der Waals surface area contributed by atoms with E-state index in [1.807, 2.05) is 0 Å². The number of aromatic amines is 1. The van der Waals surface area contributed by atoms with E-state index in [2.05, 4.69) is 25.3 Å². The van der Waals surface area contributed by atoms with Crippen LogP contribution in [0.4, 0.5) is 4.39 Å². The van der Waals surface area contributed by atoms with E-state index in [0.29, 0.717) is 23.2 Å². The molecule has 148 valence electrons. The Balaban J connectivity index is 1.37. The van der Waals surface area contributed by atoms with Crippen molar-refractivity contribution in [2.45, 2.75) is 37.6 Å². The van der Waals surface area contributed by atoms with Gasteiger partial charge < -0.3 is 4.74 Å². The number of nitrogens with one attached hydrogen (secondary N) is 2. The third-order valence-electron chi connectivity index (χ3n) is 5.48. The van der Waals surface area contributed by atoms with Crippen LogP contribution in [0.15, 0.2) is 24.3 Å². The van der Waals surface area contributed by atoms with E-state index in [4.69, 9.17) is 4.74 Å². The van der Waals surface area contributed by atoms with Crippen LogP contribution in [0.25, 0.3) is 11.3 Å². The van der Waals surface area contributed by atoms with Gasteiger partial charge >= 0.3 is 0 Å². The third kappa shape index (κ3) is 4.39. The average molecular weight is 402 g/mol. The topological polar surface area (TPSA) is 77.0 Å². The molecule has 1 saturated carbocycles. The van der Waals surface area contributed by atoms with Crippen molar-refractivity contribution in [3.8, 4) is 17.3 Å². The van der Waals surface area contributed by atoms with Crippen LogP contribution >= 0.6 is 12.1 Å². The molecule has 0 unspecified atom stereocenters. The lowest BCUT2D eigenvalue weighted by Gasteiger charge is -2.31. The molecule has 0 radical (unpaired) electrons. The fourth-order valence-electron chi connectivity index (χ4n) is 3.87. The van der Waals surface area contributed by atoms with Gasteiger partial charge in [-0.15, -0.1) is 0 Å². The van der Waals surface area contributed by atoms with E-state index in [1.54, 1.807) is 24.3 Å². The fraction of sp³-hybridized carbons (Fsp3) is 0.500. The Kier molecular flexibility index (Phi) is 6.27. The van der Waals surface area contributed by atoms with Crippen molar-refractivity contribution >= 4 is 12.1 Å². The van der Waals surface area contributed by atoms with Crippen LogP contribution in [0.2, 0.25) is 0 Å². The molecule has 2 heterocycles. The van der Waals surface area contributed by atoms with Crippen molar-refractivity contribution in [1.29, 1.82) is 5.26 Å². The molecule has 2 N–H and O–H groups in total. The molecule has 0 atom stereocenters. The summed E-state index contributed by atoms with van der Waals surface area (Å²) in [4.78, 5) is 0. The SMILES string of the molecule is N#Cc1c(-c2ccc(F)cc2)n[nH]c1C1CCC(NSN2CCOCC2)CC1. The second-order valence-corrected chi connectivity index (χ2v) is 8.21. The number of nitrogens with zero attached hydrogens (tertiary/aromatic N) is 3. The van der Waals surface area contributed by atoms with E-state index >= 15 is 0 Å². The quantitative estimate of drug-likeness (QED) is 0.746. The largest absolute Gasteiger partial charge is 0.379 e. The second kappa shape index (κ2) is 9.05. The predicted molar refractivity (Wildman–Crippen MR) is 107 cm³/mol. The summed E-state index contributed by atoms with van der Waals surface area (Å²) in [5, 5.41) is 17.2. The van der Waals surface area contributed by atoms with Crippen LogP contribution in [-0.4, -0.2) is 46.8 Å². The molecule has 2 fully saturated rings. The summed E-state index contributed by atoms with van der Waals surface area (Å²) in [6.07, 6.45) is 4.16. The summed E-state index contributed by atoms with van der Waals surface area (Å²) in [6, 6.07) is 8.92. The lowest BCUT2D eigenvalue weighted by atomic mass is 9.83. The lowest BCUT2D eigenvalue weighted by Crippen LogP contribution is -2.37. The molecule has 0 amide bonds. The zero-order chi connectivity index (χ0) is 19.3. The molecule has 0 bridgehead atoms. The number of aromatic nitrogens is 2. The number of nitriles is 1. The maximum Gasteiger partial charge on any atom is 0.123 e. The monoisotopic (exact) mass is 401 g/mol. The van der Waals surface area contributed by atoms with Gasteiger partial charge in [-0.05, 0) is 49.9 Å². The van der Waals surface area contributed by atoms with Gasteiger partial charge in [0.15, 0.2) is 0 Å². The van der Waals surface area contributed by atoms with Crippen LogP contribution in [-0.2, 0) is 4.74 Å². The number of rotatable bonds is 5. The average Bonchev–Trinajstić information content (AvgIpc) is 3.18. The summed E-state index contributed by atoms with van der Waals surface area (Å²) >= 11 is 1.71. The summed E-state index contributed by atoms with van der Waals surface area (Å²) in [5.41, 5.74) is 2.88. The van der Waals surface area contributed by atoms with Crippen molar-refractivity contribution < 1.29 is 9.13 Å². The molecular weight excluding hydrogens is 377 g/mol. The van der Waals surface area contributed by atoms with Crippen LogP contribution in [0.3, 0.4) is 0 Å². The normalized spacial score (nSPS) is 23.4. The Morgan fingerprint density at radius 1 is 1.18 bits per heavy atom. The summed E-state index contributed by atoms with van der Waals surface area (Å²) in [5.74, 6) is 0.0153. The minimum absolute atomic E-state index is 0.293. The van der Waals surface area contributed by atoms with Crippen LogP contribution in [0.5, 0.6) is 0 Å². The highest BCUT2D eigenvalue weighted by molar-refractivity contribution is 7.95. The minimum Gasteiger partial charge on any atom is -0.379 e. The Morgan fingerprint density at radius 2 is 1.89 bits per heavy atom. The van der Waals surface area contributed by atoms with Crippen LogP contribution in [0, 0.1) is 17.1 Å². The summed E-state index contributed by atoms with van der Waals surface area (Å²) < 4.78 is 24.5. The van der Waals surface area contributed by atoms with Crippen molar-refractivity contribution in [2.75, 3.05) is 26.3 Å². The number of ether oxygens (including phenoxy) is 1. The molecular formula is C20H24FN5OS. The zero-order valence-electron chi connectivity index (χ0n) is 15.7. The number of halogens is 1. The standard InChI is InChI=1S/C20H24FN5OS/c21-16-5-1-14(2-6-16)19-18(13-22)20(24-23-19)15-3-7-17(8-4-15)25-28-26-9-11-27-12-10-26/h1-2,5-6,15,17,25H,3-4,7-12H2,(H,23,24). The summed E-state index contributed by atoms with van der Waals surface area (Å²) in [7, 11) is 0. The van der Waals surface area contributed by atoms with Gasteiger partial charge in [-0.25, -0.2) is 13.4 Å². The third-order valence-corrected chi connectivity index (χ3v) is 6.54. The Bertz CT molecular complexity index is 820. The van der Waals surface area contributed by atoms with Crippen molar-refractivity contribution in [1.82, 2.24) is 19.2 Å². The van der Waals surface area contributed by atoms with Gasteiger partial charge in [0.25, 0.3) is 0 Å². The highest BCUT2D eigenvalue weighted by Crippen LogP contribution is 2.36. The summed E-state index contributed by atoms with van der Waals surface area (Å²) in [6.45, 7) is 3.51. The lowest BCUT2D eigenvalue weighted by molar-refractivity contribution is 0.0768. The first-order chi connectivity index (χ1) is 13.7. The van der Waals surface area contributed by atoms with E-state index in [0.717, 1.165) is 63.2 Å². The Morgan fingerprint density at radius 3 is 2.57 bits per heavy atom. The van der Waals surface area contributed by atoms with Gasteiger partial charge in [0.2, 0.25) is 0 Å². The molecule has 6 nitrogen and oxygen atoms in total. The molecule has 1 aliphatic carbocycles. The van der Waals surface area contributed by atoms with Gasteiger partial charge in [0.05, 0.1) is 18.9 Å². The molecule has 4 rings (SSSR count). The van der Waals surface area contributed by atoms with E-state index in [1.165, 1.54) is 12.1 Å². The first kappa shape index (κ1) is 19.4. The van der Waals surface area contributed by atoms with Crippen molar-refractivity contribution in [3.63, 3.8) is 0 Å². The first-order valence-electron chi connectivity index (χ1n) is 9.74. The predicted octanol–water partition coefficient (Wildman–Crippen LogP) is 3.60. The van der Waals surface area contributed by atoms with Crippen LogP contribution in [0.1, 0.15) is 42.9 Å². The Hall–Kier alpha value is -1.92. The molecule has 1 aromatic heterocycles. The van der Waals surface area contributed by atoms with E-state index in [9.17, 15) is 9.65 Å².